The predicted molar refractivity (Wildman–Crippen MR) is 62.0 cm³/mol. The summed E-state index contributed by atoms with van der Waals surface area (Å²) >= 11 is 1.56. The summed E-state index contributed by atoms with van der Waals surface area (Å²) in [4.78, 5) is 0. The van der Waals surface area contributed by atoms with Gasteiger partial charge in [0.1, 0.15) is 10.7 Å². The molecular weight excluding hydrogens is 224 g/mol. The van der Waals surface area contributed by atoms with Crippen LogP contribution >= 0.6 is 11.3 Å². The highest BCUT2D eigenvalue weighted by Gasteiger charge is 2.15. The molecule has 0 saturated carbocycles. The largest absolute Gasteiger partial charge is 0.308 e. The molecule has 0 amide bonds. The lowest BCUT2D eigenvalue weighted by Gasteiger charge is -2.10. The van der Waals surface area contributed by atoms with Crippen molar-refractivity contribution in [3.05, 3.63) is 11.2 Å². The van der Waals surface area contributed by atoms with Crippen LogP contribution in [0.2, 0.25) is 0 Å². The summed E-state index contributed by atoms with van der Waals surface area (Å²) in [5.41, 5.74) is 0.745. The second-order valence-electron chi connectivity index (χ2n) is 3.32. The quantitative estimate of drug-likeness (QED) is 0.822. The van der Waals surface area contributed by atoms with E-state index in [1.807, 2.05) is 0 Å². The Morgan fingerprint density at radius 3 is 2.94 bits per heavy atom. The lowest BCUT2D eigenvalue weighted by Crippen LogP contribution is -2.19. The molecule has 2 aromatic heterocycles. The Bertz CT molecular complexity index is 423. The van der Waals surface area contributed by atoms with Crippen LogP contribution in [0.3, 0.4) is 0 Å². The average molecular weight is 238 g/mol. The van der Waals surface area contributed by atoms with Crippen LogP contribution in [-0.2, 0) is 0 Å². The van der Waals surface area contributed by atoms with Gasteiger partial charge in [-0.1, -0.05) is 25.2 Å². The van der Waals surface area contributed by atoms with Gasteiger partial charge in [0.05, 0.1) is 12.2 Å². The standard InChI is InChI=1S/C9H14N6S/c1-3-6(10-4-2)8-13-14-9(16-8)7-5-11-15-12-7/h5-6,10H,3-4H2,1-2H3,(H,11,12,15). The second-order valence-corrected chi connectivity index (χ2v) is 4.33. The lowest BCUT2D eigenvalue weighted by atomic mass is 10.2. The summed E-state index contributed by atoms with van der Waals surface area (Å²) in [5, 5.41) is 23.8. The summed E-state index contributed by atoms with van der Waals surface area (Å²) in [6.45, 7) is 5.14. The zero-order valence-electron chi connectivity index (χ0n) is 9.27. The van der Waals surface area contributed by atoms with Crippen molar-refractivity contribution in [1.82, 2.24) is 30.9 Å². The maximum atomic E-state index is 4.19. The molecule has 0 aliphatic heterocycles. The monoisotopic (exact) mass is 238 g/mol. The fourth-order valence-corrected chi connectivity index (χ4v) is 2.39. The Kier molecular flexibility index (Phi) is 3.58. The molecule has 2 aromatic rings. The third kappa shape index (κ3) is 2.25. The molecule has 1 unspecified atom stereocenters. The van der Waals surface area contributed by atoms with Crippen molar-refractivity contribution in [2.45, 2.75) is 26.3 Å². The average Bonchev–Trinajstić information content (AvgIpc) is 2.95. The Morgan fingerprint density at radius 1 is 1.44 bits per heavy atom. The number of rotatable bonds is 5. The number of aromatic nitrogens is 5. The van der Waals surface area contributed by atoms with Gasteiger partial charge in [-0.05, 0) is 13.0 Å². The lowest BCUT2D eigenvalue weighted by molar-refractivity contribution is 0.531. The van der Waals surface area contributed by atoms with Crippen LogP contribution in [0.25, 0.3) is 10.7 Å². The molecule has 7 heteroatoms. The molecule has 0 fully saturated rings. The third-order valence-corrected chi connectivity index (χ3v) is 3.29. The molecule has 0 saturated heterocycles. The molecule has 6 nitrogen and oxygen atoms in total. The summed E-state index contributed by atoms with van der Waals surface area (Å²) in [6.07, 6.45) is 2.65. The van der Waals surface area contributed by atoms with Gasteiger partial charge in [-0.15, -0.1) is 10.2 Å². The number of hydrogen-bond donors (Lipinski definition) is 2. The molecule has 0 radical (unpaired) electrons. The molecule has 0 bridgehead atoms. The Hall–Kier alpha value is -1.34. The molecule has 2 heterocycles. The number of nitrogens with one attached hydrogen (secondary N) is 2. The third-order valence-electron chi connectivity index (χ3n) is 2.23. The molecule has 2 N–H and O–H groups in total. The molecule has 1 atom stereocenters. The van der Waals surface area contributed by atoms with E-state index in [9.17, 15) is 0 Å². The zero-order chi connectivity index (χ0) is 11.4. The highest BCUT2D eigenvalue weighted by molar-refractivity contribution is 7.14. The van der Waals surface area contributed by atoms with Gasteiger partial charge in [-0.3, -0.25) is 0 Å². The van der Waals surface area contributed by atoms with Gasteiger partial charge >= 0.3 is 0 Å². The maximum absolute atomic E-state index is 4.19. The van der Waals surface area contributed by atoms with E-state index in [2.05, 4.69) is 44.8 Å². The molecular formula is C9H14N6S. The van der Waals surface area contributed by atoms with Gasteiger partial charge in [-0.25, -0.2) is 0 Å². The Morgan fingerprint density at radius 2 is 2.31 bits per heavy atom. The summed E-state index contributed by atoms with van der Waals surface area (Å²) in [6, 6.07) is 0.281. The van der Waals surface area contributed by atoms with Gasteiger partial charge in [0.15, 0.2) is 5.01 Å². The van der Waals surface area contributed by atoms with Gasteiger partial charge in [0.25, 0.3) is 0 Å². The van der Waals surface area contributed by atoms with Crippen LogP contribution in [-0.4, -0.2) is 32.2 Å². The maximum Gasteiger partial charge on any atom is 0.169 e. The van der Waals surface area contributed by atoms with E-state index in [0.29, 0.717) is 0 Å². The Balaban J connectivity index is 2.18. The minimum absolute atomic E-state index is 0.281. The van der Waals surface area contributed by atoms with Crippen molar-refractivity contribution in [1.29, 1.82) is 0 Å². The van der Waals surface area contributed by atoms with Crippen LogP contribution in [0.5, 0.6) is 0 Å². The fraction of sp³-hybridized carbons (Fsp3) is 0.556. The van der Waals surface area contributed by atoms with Crippen LogP contribution in [0, 0.1) is 0 Å². The molecule has 2 rings (SSSR count). The molecule has 0 aliphatic rings. The van der Waals surface area contributed by atoms with Crippen molar-refractivity contribution in [2.75, 3.05) is 6.54 Å². The first-order chi connectivity index (χ1) is 7.85. The minimum Gasteiger partial charge on any atom is -0.308 e. The fourth-order valence-electron chi connectivity index (χ4n) is 1.44. The van der Waals surface area contributed by atoms with E-state index >= 15 is 0 Å². The van der Waals surface area contributed by atoms with Gasteiger partial charge in [0.2, 0.25) is 0 Å². The normalized spacial score (nSPS) is 12.9. The van der Waals surface area contributed by atoms with Crippen LogP contribution in [0.4, 0.5) is 0 Å². The zero-order valence-corrected chi connectivity index (χ0v) is 10.1. The van der Waals surface area contributed by atoms with Crippen molar-refractivity contribution < 1.29 is 0 Å². The molecule has 0 spiro atoms. The smallest absolute Gasteiger partial charge is 0.169 e. The number of nitrogens with zero attached hydrogens (tertiary/aromatic N) is 4. The van der Waals surface area contributed by atoms with Gasteiger partial charge in [-0.2, -0.15) is 15.4 Å². The van der Waals surface area contributed by atoms with Gasteiger partial charge in [0, 0.05) is 0 Å². The molecule has 0 aliphatic carbocycles. The summed E-state index contributed by atoms with van der Waals surface area (Å²) < 4.78 is 0. The Labute approximate surface area is 97.5 Å². The number of aromatic amines is 1. The first kappa shape index (κ1) is 11.2. The first-order valence-electron chi connectivity index (χ1n) is 5.28. The topological polar surface area (TPSA) is 79.4 Å². The van der Waals surface area contributed by atoms with E-state index in [4.69, 9.17) is 0 Å². The van der Waals surface area contributed by atoms with Crippen molar-refractivity contribution in [2.24, 2.45) is 0 Å². The van der Waals surface area contributed by atoms with E-state index in [-0.39, 0.29) is 6.04 Å². The number of hydrogen-bond acceptors (Lipinski definition) is 6. The SMILES string of the molecule is CCNC(CC)c1nnc(-c2cn[nH]n2)s1. The molecule has 0 aromatic carbocycles. The van der Waals surface area contributed by atoms with Crippen molar-refractivity contribution in [3.63, 3.8) is 0 Å². The summed E-state index contributed by atoms with van der Waals surface area (Å²) in [7, 11) is 0. The molecule has 16 heavy (non-hydrogen) atoms. The van der Waals surface area contributed by atoms with Crippen molar-refractivity contribution >= 4 is 11.3 Å². The van der Waals surface area contributed by atoms with E-state index < -0.39 is 0 Å². The van der Waals surface area contributed by atoms with E-state index in [1.165, 1.54) is 0 Å². The highest BCUT2D eigenvalue weighted by atomic mass is 32.1. The van der Waals surface area contributed by atoms with Crippen molar-refractivity contribution in [3.8, 4) is 10.7 Å². The first-order valence-corrected chi connectivity index (χ1v) is 6.09. The van der Waals surface area contributed by atoms with Crippen LogP contribution in [0.15, 0.2) is 6.20 Å². The minimum atomic E-state index is 0.281. The summed E-state index contributed by atoms with van der Waals surface area (Å²) in [5.74, 6) is 0. The second kappa shape index (κ2) is 5.13. The van der Waals surface area contributed by atoms with E-state index in [0.717, 1.165) is 28.7 Å². The predicted octanol–water partition coefficient (Wildman–Crippen LogP) is 1.38. The number of H-pyrrole nitrogens is 1. The van der Waals surface area contributed by atoms with E-state index in [1.54, 1.807) is 17.5 Å². The highest BCUT2D eigenvalue weighted by Crippen LogP contribution is 2.26. The van der Waals surface area contributed by atoms with Gasteiger partial charge < -0.3 is 5.32 Å². The molecule has 86 valence electrons. The van der Waals surface area contributed by atoms with Crippen LogP contribution in [0.1, 0.15) is 31.3 Å². The van der Waals surface area contributed by atoms with Crippen LogP contribution < -0.4 is 5.32 Å².